The third kappa shape index (κ3) is 7.37. The second-order valence-electron chi connectivity index (χ2n) is 6.65. The first-order valence-electron chi connectivity index (χ1n) is 10.1. The Hall–Kier alpha value is -2.34. The fourth-order valence-corrected chi connectivity index (χ4v) is 3.06. The molecule has 0 fully saturated rings. The number of benzene rings is 2. The summed E-state index contributed by atoms with van der Waals surface area (Å²) in [5.74, 6) is 1.42. The molecule has 0 aliphatic carbocycles. The number of guanidine groups is 1. The van der Waals surface area contributed by atoms with Crippen LogP contribution in [0.5, 0.6) is 17.2 Å². The lowest BCUT2D eigenvalue weighted by molar-refractivity contribution is -0.0505. The van der Waals surface area contributed by atoms with Crippen molar-refractivity contribution < 1.29 is 27.7 Å². The van der Waals surface area contributed by atoms with Crippen LogP contribution in [0.3, 0.4) is 0 Å². The summed E-state index contributed by atoms with van der Waals surface area (Å²) in [6.45, 7) is 3.49. The van der Waals surface area contributed by atoms with E-state index in [1.807, 2.05) is 38.1 Å². The van der Waals surface area contributed by atoms with Gasteiger partial charge in [0, 0.05) is 31.3 Å². The minimum absolute atomic E-state index is 0. The largest absolute Gasteiger partial charge is 0.454 e. The summed E-state index contributed by atoms with van der Waals surface area (Å²) in [5, 5.41) is 6.44. The lowest BCUT2D eigenvalue weighted by Crippen LogP contribution is -2.37. The van der Waals surface area contributed by atoms with Crippen molar-refractivity contribution in [2.24, 2.45) is 4.99 Å². The predicted molar refractivity (Wildman–Crippen MR) is 128 cm³/mol. The van der Waals surface area contributed by atoms with Crippen LogP contribution in [-0.4, -0.2) is 32.5 Å². The first-order valence-corrected chi connectivity index (χ1v) is 10.1. The Kier molecular flexibility index (Phi) is 10.7. The second-order valence-corrected chi connectivity index (χ2v) is 6.65. The fourth-order valence-electron chi connectivity index (χ4n) is 3.06. The molecular formula is C22H28F2IN3O4. The van der Waals surface area contributed by atoms with Gasteiger partial charge >= 0.3 is 6.61 Å². The molecule has 10 heteroatoms. The number of hydrogen-bond donors (Lipinski definition) is 2. The Morgan fingerprint density at radius 2 is 1.78 bits per heavy atom. The van der Waals surface area contributed by atoms with Crippen LogP contribution < -0.4 is 24.8 Å². The number of alkyl halides is 2. The number of nitrogens with zero attached hydrogens (tertiary/aromatic N) is 1. The van der Waals surface area contributed by atoms with E-state index in [2.05, 4.69) is 20.4 Å². The average Bonchev–Trinajstić information content (AvgIpc) is 3.21. The molecule has 0 saturated heterocycles. The maximum atomic E-state index is 12.8. The third-order valence-electron chi connectivity index (χ3n) is 4.55. The van der Waals surface area contributed by atoms with Gasteiger partial charge < -0.3 is 29.6 Å². The third-order valence-corrected chi connectivity index (χ3v) is 4.55. The van der Waals surface area contributed by atoms with Gasteiger partial charge in [-0.1, -0.05) is 24.3 Å². The van der Waals surface area contributed by atoms with Gasteiger partial charge in [0.1, 0.15) is 5.75 Å². The Morgan fingerprint density at radius 3 is 2.47 bits per heavy atom. The predicted octanol–water partition coefficient (Wildman–Crippen LogP) is 4.43. The lowest BCUT2D eigenvalue weighted by Gasteiger charge is -2.15. The maximum absolute atomic E-state index is 12.8. The number of rotatable bonds is 10. The molecular weight excluding hydrogens is 535 g/mol. The lowest BCUT2D eigenvalue weighted by atomic mass is 10.1. The van der Waals surface area contributed by atoms with E-state index in [0.717, 1.165) is 11.1 Å². The van der Waals surface area contributed by atoms with E-state index in [1.54, 1.807) is 6.07 Å². The van der Waals surface area contributed by atoms with E-state index in [0.29, 0.717) is 49.3 Å². The summed E-state index contributed by atoms with van der Waals surface area (Å²) in [6, 6.07) is 11.0. The van der Waals surface area contributed by atoms with Crippen LogP contribution >= 0.6 is 24.0 Å². The van der Waals surface area contributed by atoms with E-state index in [-0.39, 0.29) is 43.1 Å². The van der Waals surface area contributed by atoms with Crippen LogP contribution in [0, 0.1) is 0 Å². The molecule has 0 amide bonds. The number of hydrogen-bond acceptors (Lipinski definition) is 5. The molecule has 0 radical (unpaired) electrons. The topological polar surface area (TPSA) is 73.3 Å². The number of halogens is 3. The molecule has 2 N–H and O–H groups in total. The molecule has 2 aromatic carbocycles. The van der Waals surface area contributed by atoms with Gasteiger partial charge in [0.15, 0.2) is 17.5 Å². The molecule has 0 aromatic heterocycles. The van der Waals surface area contributed by atoms with Crippen molar-refractivity contribution in [2.75, 3.05) is 19.9 Å². The minimum Gasteiger partial charge on any atom is -0.454 e. The molecule has 3 rings (SSSR count). The number of nitrogens with one attached hydrogen (secondary N) is 2. The Morgan fingerprint density at radius 1 is 1.06 bits per heavy atom. The smallest absolute Gasteiger partial charge is 0.387 e. The van der Waals surface area contributed by atoms with Gasteiger partial charge in [-0.3, -0.25) is 0 Å². The van der Waals surface area contributed by atoms with Crippen molar-refractivity contribution in [3.05, 3.63) is 53.1 Å². The van der Waals surface area contributed by atoms with Crippen LogP contribution in [0.1, 0.15) is 30.5 Å². The molecule has 7 nitrogen and oxygen atoms in total. The van der Waals surface area contributed by atoms with E-state index in [1.165, 1.54) is 6.07 Å². The van der Waals surface area contributed by atoms with Crippen molar-refractivity contribution in [1.82, 2.24) is 10.6 Å². The van der Waals surface area contributed by atoms with Crippen molar-refractivity contribution in [3.8, 4) is 17.2 Å². The second kappa shape index (κ2) is 13.3. The van der Waals surface area contributed by atoms with Gasteiger partial charge in [-0.05, 0) is 31.0 Å². The zero-order valence-electron chi connectivity index (χ0n) is 18.0. The molecule has 1 aliphatic heterocycles. The normalized spacial score (nSPS) is 12.5. The molecule has 0 unspecified atom stereocenters. The monoisotopic (exact) mass is 563 g/mol. The molecule has 32 heavy (non-hydrogen) atoms. The SMILES string of the molecule is CCNC(=NCc1cc2c(cc1OC(F)F)OCO2)NCc1ccccc1COCC.I. The van der Waals surface area contributed by atoms with Crippen LogP contribution in [0.15, 0.2) is 41.4 Å². The number of aliphatic imine (C=N–C) groups is 1. The van der Waals surface area contributed by atoms with Crippen LogP contribution in [0.4, 0.5) is 8.78 Å². The number of fused-ring (bicyclic) bond motifs is 1. The van der Waals surface area contributed by atoms with Crippen molar-refractivity contribution in [3.63, 3.8) is 0 Å². The zero-order chi connectivity index (χ0) is 22.1. The molecule has 0 spiro atoms. The van der Waals surface area contributed by atoms with Gasteiger partial charge in [0.2, 0.25) is 6.79 Å². The van der Waals surface area contributed by atoms with Gasteiger partial charge in [0.05, 0.1) is 13.2 Å². The van der Waals surface area contributed by atoms with Crippen molar-refractivity contribution in [1.29, 1.82) is 0 Å². The molecule has 1 heterocycles. The van der Waals surface area contributed by atoms with E-state index >= 15 is 0 Å². The molecule has 0 bridgehead atoms. The highest BCUT2D eigenvalue weighted by Gasteiger charge is 2.20. The van der Waals surface area contributed by atoms with E-state index < -0.39 is 6.61 Å². The minimum atomic E-state index is -2.95. The highest BCUT2D eigenvalue weighted by Crippen LogP contribution is 2.39. The quantitative estimate of drug-likeness (QED) is 0.253. The summed E-state index contributed by atoms with van der Waals surface area (Å²) in [4.78, 5) is 4.53. The highest BCUT2D eigenvalue weighted by atomic mass is 127. The van der Waals surface area contributed by atoms with Crippen LogP contribution in [0.2, 0.25) is 0 Å². The fraction of sp³-hybridized carbons (Fsp3) is 0.409. The Balaban J connectivity index is 0.00000363. The molecule has 176 valence electrons. The van der Waals surface area contributed by atoms with Crippen LogP contribution in [-0.2, 0) is 24.4 Å². The molecule has 0 atom stereocenters. The Labute approximate surface area is 203 Å². The van der Waals surface area contributed by atoms with Crippen molar-refractivity contribution >= 4 is 29.9 Å². The summed E-state index contributed by atoms with van der Waals surface area (Å²) >= 11 is 0. The number of ether oxygens (including phenoxy) is 4. The maximum Gasteiger partial charge on any atom is 0.387 e. The average molecular weight is 563 g/mol. The summed E-state index contributed by atoms with van der Waals surface area (Å²) in [5.41, 5.74) is 2.65. The van der Waals surface area contributed by atoms with Crippen LogP contribution in [0.25, 0.3) is 0 Å². The van der Waals surface area contributed by atoms with Gasteiger partial charge in [0.25, 0.3) is 0 Å². The van der Waals surface area contributed by atoms with Gasteiger partial charge in [-0.15, -0.1) is 24.0 Å². The molecule has 2 aromatic rings. The zero-order valence-corrected chi connectivity index (χ0v) is 20.4. The standard InChI is InChI=1S/C22H27F2N3O4.HI/c1-3-25-22(26-11-15-7-5-6-8-16(15)13-28-4-2)27-12-17-9-19-20(30-14-29-19)10-18(17)31-21(23)24;/h5-10,21H,3-4,11-14H2,1-2H3,(H2,25,26,27);1H. The van der Waals surface area contributed by atoms with E-state index in [4.69, 9.17) is 14.2 Å². The first kappa shape index (κ1) is 25.9. The van der Waals surface area contributed by atoms with Gasteiger partial charge in [-0.2, -0.15) is 8.78 Å². The molecule has 1 aliphatic rings. The van der Waals surface area contributed by atoms with E-state index in [9.17, 15) is 8.78 Å². The summed E-state index contributed by atoms with van der Waals surface area (Å²) in [7, 11) is 0. The van der Waals surface area contributed by atoms with Gasteiger partial charge in [-0.25, -0.2) is 4.99 Å². The Bertz CT molecular complexity index is 899. The summed E-state index contributed by atoms with van der Waals surface area (Å²) in [6.07, 6.45) is 0. The van der Waals surface area contributed by atoms with Crippen molar-refractivity contribution in [2.45, 2.75) is 40.2 Å². The first-order chi connectivity index (χ1) is 15.1. The highest BCUT2D eigenvalue weighted by molar-refractivity contribution is 14.0. The summed E-state index contributed by atoms with van der Waals surface area (Å²) < 4.78 is 46.5. The molecule has 0 saturated carbocycles.